The van der Waals surface area contributed by atoms with E-state index in [-0.39, 0.29) is 12.0 Å². The van der Waals surface area contributed by atoms with Crippen molar-refractivity contribution in [2.24, 2.45) is 0 Å². The Hall–Kier alpha value is -2.32. The standard InChI is InChI=1S/C24H31N5OS/c1-28(2)18-24(11-13-29(14-12-24)15-16-30)21-9-6-10-22(26-21)27-23-25-17-20(31-23)19-7-4-3-5-8-19/h3-10,17,30H,11-16,18H2,1-2H3,(H,25,26,27). The number of piperidine rings is 1. The summed E-state index contributed by atoms with van der Waals surface area (Å²) in [6.45, 7) is 3.91. The lowest BCUT2D eigenvalue weighted by atomic mass is 9.75. The Morgan fingerprint density at radius 3 is 2.58 bits per heavy atom. The molecule has 1 fully saturated rings. The first kappa shape index (κ1) is 21.9. The predicted octanol–water partition coefficient (Wildman–Crippen LogP) is 3.84. The van der Waals surface area contributed by atoms with Crippen molar-refractivity contribution >= 4 is 22.3 Å². The minimum absolute atomic E-state index is 0.0191. The molecule has 3 heterocycles. The van der Waals surface area contributed by atoms with E-state index in [0.717, 1.165) is 60.5 Å². The number of hydrogen-bond acceptors (Lipinski definition) is 7. The first-order chi connectivity index (χ1) is 15.1. The van der Waals surface area contributed by atoms with Gasteiger partial charge in [-0.15, -0.1) is 0 Å². The molecule has 0 spiro atoms. The summed E-state index contributed by atoms with van der Waals surface area (Å²) in [6, 6.07) is 16.6. The van der Waals surface area contributed by atoms with Gasteiger partial charge in [-0.25, -0.2) is 9.97 Å². The van der Waals surface area contributed by atoms with Crippen LogP contribution in [0.4, 0.5) is 10.9 Å². The normalized spacial score (nSPS) is 16.5. The highest BCUT2D eigenvalue weighted by atomic mass is 32.1. The number of nitrogens with zero attached hydrogens (tertiary/aromatic N) is 4. The second kappa shape index (κ2) is 9.87. The molecule has 0 radical (unpaired) electrons. The molecule has 6 nitrogen and oxygen atoms in total. The molecule has 0 amide bonds. The SMILES string of the molecule is CN(C)CC1(c2cccc(Nc3ncc(-c4ccccc4)s3)n2)CCN(CCO)CC1. The highest BCUT2D eigenvalue weighted by Crippen LogP contribution is 2.36. The van der Waals surface area contributed by atoms with Gasteiger partial charge in [-0.05, 0) is 57.7 Å². The van der Waals surface area contributed by atoms with Crippen LogP contribution >= 0.6 is 11.3 Å². The van der Waals surface area contributed by atoms with Crippen LogP contribution in [-0.4, -0.2) is 71.8 Å². The van der Waals surface area contributed by atoms with Crippen LogP contribution in [-0.2, 0) is 5.41 Å². The highest BCUT2D eigenvalue weighted by Gasteiger charge is 2.38. The Kier molecular flexibility index (Phi) is 6.97. The lowest BCUT2D eigenvalue weighted by Crippen LogP contribution is -2.48. The number of likely N-dealkylation sites (N-methyl/N-ethyl adjacent to an activating group) is 1. The van der Waals surface area contributed by atoms with E-state index >= 15 is 0 Å². The number of hydrogen-bond donors (Lipinski definition) is 2. The van der Waals surface area contributed by atoms with Gasteiger partial charge in [0.25, 0.3) is 0 Å². The van der Waals surface area contributed by atoms with E-state index in [2.05, 4.69) is 58.5 Å². The molecule has 0 bridgehead atoms. The van der Waals surface area contributed by atoms with Crippen LogP contribution < -0.4 is 5.32 Å². The smallest absolute Gasteiger partial charge is 0.188 e. The number of pyridine rings is 1. The lowest BCUT2D eigenvalue weighted by molar-refractivity contribution is 0.112. The molecule has 1 aliphatic heterocycles. The Morgan fingerprint density at radius 2 is 1.87 bits per heavy atom. The van der Waals surface area contributed by atoms with E-state index in [1.807, 2.05) is 30.5 Å². The summed E-state index contributed by atoms with van der Waals surface area (Å²) in [5, 5.41) is 13.5. The zero-order valence-corrected chi connectivity index (χ0v) is 19.1. The summed E-state index contributed by atoms with van der Waals surface area (Å²) in [5.74, 6) is 0.836. The number of nitrogens with one attached hydrogen (secondary N) is 1. The molecule has 0 saturated carbocycles. The molecular formula is C24H31N5OS. The van der Waals surface area contributed by atoms with Crippen molar-refractivity contribution in [3.63, 3.8) is 0 Å². The van der Waals surface area contributed by atoms with E-state index in [4.69, 9.17) is 4.98 Å². The maximum Gasteiger partial charge on any atom is 0.188 e. The largest absolute Gasteiger partial charge is 0.395 e. The van der Waals surface area contributed by atoms with E-state index in [1.54, 1.807) is 11.3 Å². The molecule has 164 valence electrons. The number of benzene rings is 1. The average Bonchev–Trinajstić information content (AvgIpc) is 3.24. The number of likely N-dealkylation sites (tertiary alicyclic amines) is 1. The van der Waals surface area contributed by atoms with E-state index < -0.39 is 0 Å². The first-order valence-electron chi connectivity index (χ1n) is 10.8. The van der Waals surface area contributed by atoms with Crippen molar-refractivity contribution in [1.82, 2.24) is 19.8 Å². The van der Waals surface area contributed by atoms with Crippen LogP contribution in [0.2, 0.25) is 0 Å². The van der Waals surface area contributed by atoms with Crippen molar-refractivity contribution in [3.05, 3.63) is 60.4 Å². The summed E-state index contributed by atoms with van der Waals surface area (Å²) >= 11 is 1.64. The monoisotopic (exact) mass is 437 g/mol. The number of rotatable bonds is 8. The van der Waals surface area contributed by atoms with Crippen LogP contribution in [0, 0.1) is 0 Å². The van der Waals surface area contributed by atoms with Gasteiger partial charge in [-0.1, -0.05) is 47.7 Å². The molecule has 0 aliphatic carbocycles. The topological polar surface area (TPSA) is 64.5 Å². The minimum Gasteiger partial charge on any atom is -0.395 e. The van der Waals surface area contributed by atoms with E-state index in [9.17, 15) is 5.11 Å². The maximum absolute atomic E-state index is 9.29. The zero-order valence-electron chi connectivity index (χ0n) is 18.3. The predicted molar refractivity (Wildman–Crippen MR) is 128 cm³/mol. The molecule has 2 N–H and O–H groups in total. The Balaban J connectivity index is 1.53. The zero-order chi connectivity index (χ0) is 21.7. The van der Waals surface area contributed by atoms with Gasteiger partial charge in [0.15, 0.2) is 5.13 Å². The van der Waals surface area contributed by atoms with Gasteiger partial charge in [0.2, 0.25) is 0 Å². The Morgan fingerprint density at radius 1 is 1.10 bits per heavy atom. The Bertz CT molecular complexity index is 967. The van der Waals surface area contributed by atoms with Gasteiger partial charge in [-0.2, -0.15) is 0 Å². The van der Waals surface area contributed by atoms with E-state index in [0.29, 0.717) is 0 Å². The molecule has 1 saturated heterocycles. The minimum atomic E-state index is 0.0191. The number of thiazole rings is 1. The molecule has 0 atom stereocenters. The van der Waals surface area contributed by atoms with Crippen LogP contribution in [0.1, 0.15) is 18.5 Å². The summed E-state index contributed by atoms with van der Waals surface area (Å²) in [5.41, 5.74) is 2.33. The van der Waals surface area contributed by atoms with E-state index in [1.165, 1.54) is 5.56 Å². The second-order valence-electron chi connectivity index (χ2n) is 8.51. The van der Waals surface area contributed by atoms with Crippen LogP contribution in [0.5, 0.6) is 0 Å². The molecule has 1 aromatic carbocycles. The van der Waals surface area contributed by atoms with Gasteiger partial charge in [0.1, 0.15) is 5.82 Å². The molecule has 7 heteroatoms. The van der Waals surface area contributed by atoms with Gasteiger partial charge in [0.05, 0.1) is 17.2 Å². The number of aromatic nitrogens is 2. The molecule has 31 heavy (non-hydrogen) atoms. The van der Waals surface area contributed by atoms with Crippen LogP contribution in [0.3, 0.4) is 0 Å². The van der Waals surface area contributed by atoms with Crippen molar-refractivity contribution in [3.8, 4) is 10.4 Å². The first-order valence-corrected chi connectivity index (χ1v) is 11.6. The third-order valence-electron chi connectivity index (χ3n) is 5.94. The van der Waals surface area contributed by atoms with Crippen molar-refractivity contribution < 1.29 is 5.11 Å². The summed E-state index contributed by atoms with van der Waals surface area (Å²) in [7, 11) is 4.26. The maximum atomic E-state index is 9.29. The molecule has 1 aliphatic rings. The quantitative estimate of drug-likeness (QED) is 0.558. The van der Waals surface area contributed by atoms with Gasteiger partial charge in [0, 0.05) is 24.7 Å². The number of β-amino-alcohol motifs (C(OH)–C–C–N with tert-alkyl or cyclic N) is 1. The fourth-order valence-corrected chi connectivity index (χ4v) is 5.25. The number of aliphatic hydroxyl groups excluding tert-OH is 1. The lowest BCUT2D eigenvalue weighted by Gasteiger charge is -2.43. The average molecular weight is 438 g/mol. The molecule has 4 rings (SSSR count). The fourth-order valence-electron chi connectivity index (χ4n) is 4.42. The molecule has 3 aromatic rings. The fraction of sp³-hybridized carbons (Fsp3) is 0.417. The molecule has 2 aromatic heterocycles. The van der Waals surface area contributed by atoms with Gasteiger partial charge < -0.3 is 20.2 Å². The van der Waals surface area contributed by atoms with Crippen molar-refractivity contribution in [1.29, 1.82) is 0 Å². The van der Waals surface area contributed by atoms with Crippen LogP contribution in [0.25, 0.3) is 10.4 Å². The van der Waals surface area contributed by atoms with Crippen molar-refractivity contribution in [2.45, 2.75) is 18.3 Å². The Labute approximate surface area is 188 Å². The molecule has 0 unspecified atom stereocenters. The second-order valence-corrected chi connectivity index (χ2v) is 9.54. The van der Waals surface area contributed by atoms with Crippen molar-refractivity contribution in [2.75, 3.05) is 52.2 Å². The third kappa shape index (κ3) is 5.30. The number of aliphatic hydroxyl groups is 1. The van der Waals surface area contributed by atoms with Crippen LogP contribution in [0.15, 0.2) is 54.7 Å². The van der Waals surface area contributed by atoms with Gasteiger partial charge in [-0.3, -0.25) is 0 Å². The number of anilines is 2. The summed E-state index contributed by atoms with van der Waals surface area (Å²) in [4.78, 5) is 15.3. The summed E-state index contributed by atoms with van der Waals surface area (Å²) in [6.07, 6.45) is 3.99. The third-order valence-corrected chi connectivity index (χ3v) is 6.90. The highest BCUT2D eigenvalue weighted by molar-refractivity contribution is 7.18. The summed E-state index contributed by atoms with van der Waals surface area (Å²) < 4.78 is 0. The molecular weight excluding hydrogens is 406 g/mol. The van der Waals surface area contributed by atoms with Gasteiger partial charge >= 0.3 is 0 Å².